The quantitative estimate of drug-likeness (QED) is 0.366. The van der Waals surface area contributed by atoms with Gasteiger partial charge in [-0.2, -0.15) is 0 Å². The van der Waals surface area contributed by atoms with Gasteiger partial charge >= 0.3 is 0 Å². The minimum Gasteiger partial charge on any atom is -0.449 e. The molecule has 2 aliphatic rings. The number of pyridine rings is 1. The third-order valence-electron chi connectivity index (χ3n) is 3.22. The first-order valence-electron chi connectivity index (χ1n) is 6.01. The summed E-state index contributed by atoms with van der Waals surface area (Å²) in [6, 6.07) is 10.7. The van der Waals surface area contributed by atoms with E-state index in [1.807, 2.05) is 12.1 Å². The molecular formula is C15H7ClN2O2. The van der Waals surface area contributed by atoms with Gasteiger partial charge in [-0.1, -0.05) is 35.9 Å². The number of hydrogen-bond acceptors (Lipinski definition) is 4. The highest BCUT2D eigenvalue weighted by molar-refractivity contribution is 6.34. The molecule has 0 bridgehead atoms. The lowest BCUT2D eigenvalue weighted by Crippen LogP contribution is -2.07. The predicted molar refractivity (Wildman–Crippen MR) is 77.2 cm³/mol. The van der Waals surface area contributed by atoms with Crippen LogP contribution in [0.4, 0.5) is 0 Å². The zero-order valence-electron chi connectivity index (χ0n) is 10.1. The Morgan fingerprint density at radius 3 is 2.70 bits per heavy atom. The van der Waals surface area contributed by atoms with Crippen LogP contribution in [0.2, 0.25) is 5.02 Å². The third-order valence-corrected chi connectivity index (χ3v) is 3.56. The molecule has 2 heterocycles. The number of hydrogen-bond donors (Lipinski definition) is 0. The number of rotatable bonds is 0. The lowest BCUT2D eigenvalue weighted by Gasteiger charge is -2.10. The monoisotopic (exact) mass is 282 g/mol. The van der Waals surface area contributed by atoms with Crippen LogP contribution in [0.5, 0.6) is 0 Å². The van der Waals surface area contributed by atoms with Crippen LogP contribution in [-0.4, -0.2) is 9.97 Å². The summed E-state index contributed by atoms with van der Waals surface area (Å²) in [5.74, 6) is 0.302. The Bertz CT molecular complexity index is 994. The van der Waals surface area contributed by atoms with Crippen LogP contribution in [0, 0.1) is 0 Å². The van der Waals surface area contributed by atoms with E-state index in [0.717, 1.165) is 0 Å². The van der Waals surface area contributed by atoms with Gasteiger partial charge in [0.15, 0.2) is 17.0 Å². The molecule has 0 spiro atoms. The summed E-state index contributed by atoms with van der Waals surface area (Å²) < 4.78 is 5.71. The number of fused-ring (bicyclic) bond motifs is 4. The minimum absolute atomic E-state index is 0.0527. The third kappa shape index (κ3) is 1.45. The van der Waals surface area contributed by atoms with Crippen molar-refractivity contribution in [1.29, 1.82) is 0 Å². The minimum atomic E-state index is -0.247. The highest BCUT2D eigenvalue weighted by atomic mass is 35.5. The molecule has 1 aliphatic heterocycles. The van der Waals surface area contributed by atoms with Gasteiger partial charge in [0.2, 0.25) is 5.43 Å². The van der Waals surface area contributed by atoms with Gasteiger partial charge in [-0.3, -0.25) is 4.79 Å². The molecule has 1 aromatic heterocycles. The number of benzene rings is 2. The first kappa shape index (κ1) is 11.4. The molecule has 4 nitrogen and oxygen atoms in total. The molecule has 0 atom stereocenters. The lowest BCUT2D eigenvalue weighted by molar-refractivity contribution is 0.612. The van der Waals surface area contributed by atoms with E-state index in [1.165, 1.54) is 0 Å². The van der Waals surface area contributed by atoms with Crippen molar-refractivity contribution in [2.45, 2.75) is 0 Å². The van der Waals surface area contributed by atoms with Gasteiger partial charge in [-0.15, -0.1) is 0 Å². The molecule has 20 heavy (non-hydrogen) atoms. The molecule has 0 unspecified atom stereocenters. The molecule has 0 fully saturated rings. The molecule has 1 aliphatic carbocycles. The van der Waals surface area contributed by atoms with Crippen LogP contribution in [0.15, 0.2) is 51.8 Å². The van der Waals surface area contributed by atoms with Gasteiger partial charge in [0.05, 0.1) is 0 Å². The summed E-state index contributed by atoms with van der Waals surface area (Å²) in [5, 5.41) is 1.30. The van der Waals surface area contributed by atoms with E-state index >= 15 is 0 Å². The zero-order valence-corrected chi connectivity index (χ0v) is 10.9. The normalized spacial score (nSPS) is 11.4. The number of aromatic nitrogens is 2. The van der Waals surface area contributed by atoms with Crippen LogP contribution in [-0.2, 0) is 0 Å². The Labute approximate surface area is 118 Å². The van der Waals surface area contributed by atoms with E-state index < -0.39 is 0 Å². The van der Waals surface area contributed by atoms with Gasteiger partial charge in [0, 0.05) is 17.0 Å². The van der Waals surface area contributed by atoms with Gasteiger partial charge in [-0.25, -0.2) is 9.97 Å². The van der Waals surface area contributed by atoms with Crippen molar-refractivity contribution in [3.05, 3.63) is 57.8 Å². The van der Waals surface area contributed by atoms with Crippen LogP contribution in [0.25, 0.3) is 33.5 Å². The van der Waals surface area contributed by atoms with Crippen LogP contribution < -0.4 is 5.43 Å². The van der Waals surface area contributed by atoms with E-state index in [0.29, 0.717) is 33.5 Å². The van der Waals surface area contributed by atoms with Gasteiger partial charge in [0.25, 0.3) is 0 Å². The average Bonchev–Trinajstić information content (AvgIpc) is 2.51. The summed E-state index contributed by atoms with van der Waals surface area (Å²) in [7, 11) is 0. The second-order valence-electron chi connectivity index (χ2n) is 4.41. The van der Waals surface area contributed by atoms with Crippen molar-refractivity contribution in [2.24, 2.45) is 0 Å². The Morgan fingerprint density at radius 1 is 1.05 bits per heavy atom. The van der Waals surface area contributed by atoms with Crippen molar-refractivity contribution >= 4 is 33.6 Å². The molecule has 1 aromatic carbocycles. The van der Waals surface area contributed by atoms with Crippen LogP contribution in [0.1, 0.15) is 0 Å². The SMILES string of the molecule is O=c1c(Cl)c2oc3cccnc3nc-2c2ccccc12. The fourth-order valence-corrected chi connectivity index (χ4v) is 2.53. The van der Waals surface area contributed by atoms with E-state index in [1.54, 1.807) is 30.5 Å². The molecule has 96 valence electrons. The number of nitrogens with zero attached hydrogens (tertiary/aromatic N) is 2. The van der Waals surface area contributed by atoms with Crippen molar-refractivity contribution in [1.82, 2.24) is 9.97 Å². The predicted octanol–water partition coefficient (Wildman–Crippen LogP) is 3.49. The Kier molecular flexibility index (Phi) is 2.28. The van der Waals surface area contributed by atoms with E-state index in [2.05, 4.69) is 9.97 Å². The molecule has 5 heteroatoms. The van der Waals surface area contributed by atoms with Gasteiger partial charge in [-0.05, 0) is 12.1 Å². The maximum absolute atomic E-state index is 12.2. The number of halogens is 1. The lowest BCUT2D eigenvalue weighted by atomic mass is 10.0. The second kappa shape index (κ2) is 4.02. The molecule has 4 rings (SSSR count). The van der Waals surface area contributed by atoms with Gasteiger partial charge < -0.3 is 4.42 Å². The summed E-state index contributed by atoms with van der Waals surface area (Å²) in [6.45, 7) is 0. The summed E-state index contributed by atoms with van der Waals surface area (Å²) in [4.78, 5) is 20.9. The molecule has 0 N–H and O–H groups in total. The highest BCUT2D eigenvalue weighted by Gasteiger charge is 2.20. The largest absolute Gasteiger partial charge is 0.449 e. The van der Waals surface area contributed by atoms with E-state index in [9.17, 15) is 4.79 Å². The topological polar surface area (TPSA) is 56.0 Å². The van der Waals surface area contributed by atoms with Crippen LogP contribution in [0.3, 0.4) is 0 Å². The first-order chi connectivity index (χ1) is 9.75. The summed E-state index contributed by atoms with van der Waals surface area (Å²) in [5.41, 5.74) is 1.29. The Morgan fingerprint density at radius 2 is 1.85 bits per heavy atom. The van der Waals surface area contributed by atoms with E-state index in [4.69, 9.17) is 16.0 Å². The fraction of sp³-hybridized carbons (Fsp3) is 0. The second-order valence-corrected chi connectivity index (χ2v) is 4.78. The highest BCUT2D eigenvalue weighted by Crippen LogP contribution is 2.34. The van der Waals surface area contributed by atoms with E-state index in [-0.39, 0.29) is 10.5 Å². The first-order valence-corrected chi connectivity index (χ1v) is 6.39. The Balaban J connectivity index is 2.34. The molecule has 0 amide bonds. The average molecular weight is 283 g/mol. The molecule has 0 radical (unpaired) electrons. The molecule has 2 aromatic rings. The van der Waals surface area contributed by atoms with Crippen molar-refractivity contribution in [3.8, 4) is 11.5 Å². The maximum atomic E-state index is 12.2. The molecule has 0 saturated carbocycles. The van der Waals surface area contributed by atoms with Crippen molar-refractivity contribution < 1.29 is 4.42 Å². The van der Waals surface area contributed by atoms with Crippen LogP contribution >= 0.6 is 11.6 Å². The van der Waals surface area contributed by atoms with Crippen molar-refractivity contribution in [3.63, 3.8) is 0 Å². The summed E-state index contributed by atoms with van der Waals surface area (Å²) in [6.07, 6.45) is 1.64. The Hall–Kier alpha value is -2.46. The van der Waals surface area contributed by atoms with Gasteiger partial charge in [0.1, 0.15) is 10.7 Å². The fourth-order valence-electron chi connectivity index (χ4n) is 2.30. The molecular weight excluding hydrogens is 276 g/mol. The molecule has 0 saturated heterocycles. The zero-order chi connectivity index (χ0) is 13.7. The maximum Gasteiger partial charge on any atom is 0.208 e. The van der Waals surface area contributed by atoms with Crippen molar-refractivity contribution in [2.75, 3.05) is 0 Å². The summed E-state index contributed by atoms with van der Waals surface area (Å²) >= 11 is 6.14. The standard InChI is InChI=1S/C15H7ClN2O2/c16-11-13(19)9-5-2-1-4-8(9)12-14(11)20-10-6-3-7-17-15(10)18-12/h1-7H. The smallest absolute Gasteiger partial charge is 0.208 e.